The highest BCUT2D eigenvalue weighted by atomic mass is 16.5. The fourth-order valence-corrected chi connectivity index (χ4v) is 1.40. The number of carbonyl (C=O) groups is 1. The van der Waals surface area contributed by atoms with Gasteiger partial charge in [0, 0.05) is 11.8 Å². The highest BCUT2D eigenvalue weighted by Gasteiger charge is 2.17. The highest BCUT2D eigenvalue weighted by molar-refractivity contribution is 5.76. The molecule has 0 radical (unpaired) electrons. The Hall–Kier alpha value is -2.15. The zero-order chi connectivity index (χ0) is 11.7. The van der Waals surface area contributed by atoms with Gasteiger partial charge >= 0.3 is 5.97 Å². The van der Waals surface area contributed by atoms with Crippen LogP contribution in [0.5, 0.6) is 5.88 Å². The molecule has 2 aromatic rings. The van der Waals surface area contributed by atoms with E-state index < -0.39 is 12.0 Å². The average molecular weight is 222 g/mol. The van der Waals surface area contributed by atoms with E-state index in [4.69, 9.17) is 15.6 Å². The molecule has 0 aliphatic rings. The molecular weight excluding hydrogens is 212 g/mol. The molecule has 2 aromatic heterocycles. The molecule has 0 aromatic carbocycles. The second-order valence-electron chi connectivity index (χ2n) is 3.19. The van der Waals surface area contributed by atoms with Crippen LogP contribution < -0.4 is 10.5 Å². The maximum atomic E-state index is 10.7. The summed E-state index contributed by atoms with van der Waals surface area (Å²) in [5.74, 6) is -0.721. The zero-order valence-electron chi connectivity index (χ0n) is 8.49. The third kappa shape index (κ3) is 1.57. The Labute approximate surface area is 90.5 Å². The maximum Gasteiger partial charge on any atom is 0.325 e. The number of hydrogen-bond acceptors (Lipinski definition) is 5. The van der Waals surface area contributed by atoms with E-state index in [0.717, 1.165) is 0 Å². The van der Waals surface area contributed by atoms with Crippen LogP contribution in [0, 0.1) is 0 Å². The lowest BCUT2D eigenvalue weighted by atomic mass is 10.2. The van der Waals surface area contributed by atoms with Gasteiger partial charge in [-0.05, 0) is 6.07 Å². The molecule has 16 heavy (non-hydrogen) atoms. The molecule has 2 rings (SSSR count). The van der Waals surface area contributed by atoms with Gasteiger partial charge in [-0.15, -0.1) is 0 Å². The summed E-state index contributed by atoms with van der Waals surface area (Å²) in [6.45, 7) is 0. The number of fused-ring (bicyclic) bond motifs is 1. The van der Waals surface area contributed by atoms with Gasteiger partial charge in [0.25, 0.3) is 0 Å². The summed E-state index contributed by atoms with van der Waals surface area (Å²) in [7, 11) is 1.48. The van der Waals surface area contributed by atoms with Crippen molar-refractivity contribution in [2.75, 3.05) is 7.11 Å². The number of hydrogen-bond donors (Lipinski definition) is 2. The predicted octanol–water partition coefficient (Wildman–Crippen LogP) is -0.178. The Kier molecular flexibility index (Phi) is 2.45. The number of carboxylic acid groups (broad SMARTS) is 1. The average Bonchev–Trinajstić information content (AvgIpc) is 2.70. The number of ether oxygens (including phenoxy) is 1. The van der Waals surface area contributed by atoms with E-state index >= 15 is 0 Å². The molecule has 0 amide bonds. The van der Waals surface area contributed by atoms with Crippen molar-refractivity contribution in [3.8, 4) is 5.88 Å². The number of aliphatic carboxylic acids is 1. The van der Waals surface area contributed by atoms with E-state index in [-0.39, 0.29) is 0 Å². The summed E-state index contributed by atoms with van der Waals surface area (Å²) in [4.78, 5) is 14.6. The molecule has 84 valence electrons. The SMILES string of the molecule is COc1ncnn2cc(C(N)C(=O)O)cc12. The molecule has 1 atom stereocenters. The van der Waals surface area contributed by atoms with Gasteiger partial charge in [0.1, 0.15) is 17.9 Å². The Balaban J connectivity index is 2.55. The molecule has 0 bridgehead atoms. The van der Waals surface area contributed by atoms with E-state index in [1.807, 2.05) is 0 Å². The van der Waals surface area contributed by atoms with E-state index in [1.54, 1.807) is 12.3 Å². The van der Waals surface area contributed by atoms with Gasteiger partial charge in [-0.25, -0.2) is 4.52 Å². The summed E-state index contributed by atoms with van der Waals surface area (Å²) in [6.07, 6.45) is 2.86. The molecule has 0 saturated carbocycles. The number of rotatable bonds is 3. The lowest BCUT2D eigenvalue weighted by Gasteiger charge is -2.00. The fraction of sp³-hybridized carbons (Fsp3) is 0.222. The molecule has 0 saturated heterocycles. The molecular formula is C9H10N4O3. The Morgan fingerprint density at radius 3 is 3.06 bits per heavy atom. The summed E-state index contributed by atoms with van der Waals surface area (Å²) in [6, 6.07) is 0.517. The Bertz CT molecular complexity index is 537. The first-order valence-corrected chi connectivity index (χ1v) is 4.49. The smallest absolute Gasteiger partial charge is 0.325 e. The quantitative estimate of drug-likeness (QED) is 0.746. The molecule has 0 aliphatic heterocycles. The van der Waals surface area contributed by atoms with Gasteiger partial charge < -0.3 is 15.6 Å². The van der Waals surface area contributed by atoms with Crippen LogP contribution in [-0.2, 0) is 4.79 Å². The fourth-order valence-electron chi connectivity index (χ4n) is 1.40. The largest absolute Gasteiger partial charge is 0.480 e. The maximum absolute atomic E-state index is 10.7. The standard InChI is InChI=1S/C9H10N4O3/c1-16-8-6-2-5(7(10)9(14)15)3-13(6)12-4-11-8/h2-4,7H,10H2,1H3,(H,14,15). The minimum Gasteiger partial charge on any atom is -0.480 e. The van der Waals surface area contributed by atoms with Crippen LogP contribution in [0.25, 0.3) is 5.52 Å². The number of aromatic nitrogens is 3. The van der Waals surface area contributed by atoms with Crippen molar-refractivity contribution in [2.45, 2.75) is 6.04 Å². The van der Waals surface area contributed by atoms with Crippen LogP contribution >= 0.6 is 0 Å². The second-order valence-corrected chi connectivity index (χ2v) is 3.19. The van der Waals surface area contributed by atoms with E-state index in [0.29, 0.717) is 17.0 Å². The van der Waals surface area contributed by atoms with Crippen LogP contribution in [0.3, 0.4) is 0 Å². The summed E-state index contributed by atoms with van der Waals surface area (Å²) in [5, 5.41) is 12.7. The molecule has 3 N–H and O–H groups in total. The second kappa shape index (κ2) is 3.78. The predicted molar refractivity (Wildman–Crippen MR) is 54.1 cm³/mol. The number of nitrogens with two attached hydrogens (primary N) is 1. The number of carboxylic acids is 1. The van der Waals surface area contributed by atoms with Crippen LogP contribution in [0.15, 0.2) is 18.6 Å². The van der Waals surface area contributed by atoms with Crippen molar-refractivity contribution >= 4 is 11.5 Å². The summed E-state index contributed by atoms with van der Waals surface area (Å²) in [5.41, 5.74) is 6.52. The van der Waals surface area contributed by atoms with Gasteiger partial charge in [0.05, 0.1) is 7.11 Å². The first-order chi connectivity index (χ1) is 7.63. The van der Waals surface area contributed by atoms with E-state index in [9.17, 15) is 4.79 Å². The van der Waals surface area contributed by atoms with Crippen molar-refractivity contribution < 1.29 is 14.6 Å². The van der Waals surface area contributed by atoms with Crippen molar-refractivity contribution in [3.05, 3.63) is 24.2 Å². The van der Waals surface area contributed by atoms with E-state index in [1.165, 1.54) is 18.0 Å². The van der Waals surface area contributed by atoms with Gasteiger partial charge in [-0.3, -0.25) is 4.79 Å². The molecule has 2 heterocycles. The number of methoxy groups -OCH3 is 1. The van der Waals surface area contributed by atoms with Gasteiger partial charge in [-0.2, -0.15) is 10.1 Å². The van der Waals surface area contributed by atoms with Crippen molar-refractivity contribution in [3.63, 3.8) is 0 Å². The highest BCUT2D eigenvalue weighted by Crippen LogP contribution is 2.20. The third-order valence-corrected chi connectivity index (χ3v) is 2.21. The zero-order valence-corrected chi connectivity index (χ0v) is 8.49. The van der Waals surface area contributed by atoms with Crippen LogP contribution in [0.1, 0.15) is 11.6 Å². The monoisotopic (exact) mass is 222 g/mol. The Morgan fingerprint density at radius 1 is 1.69 bits per heavy atom. The lowest BCUT2D eigenvalue weighted by Crippen LogP contribution is -2.19. The van der Waals surface area contributed by atoms with E-state index in [2.05, 4.69) is 10.1 Å². The first-order valence-electron chi connectivity index (χ1n) is 4.49. The van der Waals surface area contributed by atoms with Gasteiger partial charge in [-0.1, -0.05) is 0 Å². The molecule has 7 nitrogen and oxygen atoms in total. The number of nitrogens with zero attached hydrogens (tertiary/aromatic N) is 3. The minimum absolute atomic E-state index is 0.374. The summed E-state index contributed by atoms with van der Waals surface area (Å²) < 4.78 is 6.50. The first kappa shape index (κ1) is 10.4. The van der Waals surface area contributed by atoms with Gasteiger partial charge in [0.2, 0.25) is 5.88 Å². The normalized spacial score (nSPS) is 12.6. The molecule has 1 unspecified atom stereocenters. The van der Waals surface area contributed by atoms with Crippen molar-refractivity contribution in [2.24, 2.45) is 5.73 Å². The van der Waals surface area contributed by atoms with Crippen molar-refractivity contribution in [1.29, 1.82) is 0 Å². The molecule has 0 spiro atoms. The molecule has 0 aliphatic carbocycles. The Morgan fingerprint density at radius 2 is 2.44 bits per heavy atom. The van der Waals surface area contributed by atoms with Crippen LogP contribution in [0.2, 0.25) is 0 Å². The molecule has 0 fully saturated rings. The topological polar surface area (TPSA) is 103 Å². The van der Waals surface area contributed by atoms with Crippen LogP contribution in [-0.4, -0.2) is 32.8 Å². The van der Waals surface area contributed by atoms with Gasteiger partial charge in [0.15, 0.2) is 0 Å². The van der Waals surface area contributed by atoms with Crippen molar-refractivity contribution in [1.82, 2.24) is 14.6 Å². The third-order valence-electron chi connectivity index (χ3n) is 2.21. The van der Waals surface area contributed by atoms with Crippen LogP contribution in [0.4, 0.5) is 0 Å². The molecule has 7 heteroatoms. The summed E-state index contributed by atoms with van der Waals surface area (Å²) >= 11 is 0. The lowest BCUT2D eigenvalue weighted by molar-refractivity contribution is -0.138. The minimum atomic E-state index is -1.09.